The highest BCUT2D eigenvalue weighted by molar-refractivity contribution is 6.32. The number of nitrogens with zero attached hydrogens (tertiary/aromatic N) is 1. The van der Waals surface area contributed by atoms with Gasteiger partial charge in [-0.25, -0.2) is 4.39 Å². The molecule has 4 rings (SSSR count). The smallest absolute Gasteiger partial charge is 0.252 e. The second-order valence-corrected chi connectivity index (χ2v) is 8.68. The summed E-state index contributed by atoms with van der Waals surface area (Å²) in [6, 6.07) is 1.46. The molecule has 164 valence electrons. The number of nitrogens with two attached hydrogens (primary N) is 1. The normalized spacial score (nSPS) is 32.4. The molecule has 1 aromatic carbocycles. The molecule has 31 heavy (non-hydrogen) atoms. The standard InChI is InChI=1S/C22H23FN2O6/c1-8-9-6-11-13(25(2)3)7-10(21(24)30)19(28)22(11,31)20(29)16(9)18(27)17-14(26)5-4-12(23)15(8)17/h4-5,7-9,11,13,26-27,31H,6H2,1-3H3,(H2,24,30)/t8-,9-,11+,13-,22-/m1/s1. The minimum absolute atomic E-state index is 0.0640. The molecule has 0 bridgehead atoms. The number of carbonyl (C=O) groups excluding carboxylic acids is 3. The molecule has 1 saturated carbocycles. The van der Waals surface area contributed by atoms with Gasteiger partial charge in [-0.1, -0.05) is 13.0 Å². The van der Waals surface area contributed by atoms with Gasteiger partial charge in [0.25, 0.3) is 5.91 Å². The topological polar surface area (TPSA) is 141 Å². The molecule has 0 aliphatic heterocycles. The number of rotatable bonds is 2. The van der Waals surface area contributed by atoms with Gasteiger partial charge in [-0.3, -0.25) is 14.4 Å². The summed E-state index contributed by atoms with van der Waals surface area (Å²) in [7, 11) is 3.33. The molecule has 0 heterocycles. The fourth-order valence-electron chi connectivity index (χ4n) is 5.38. The summed E-state index contributed by atoms with van der Waals surface area (Å²) in [6.07, 6.45) is 1.41. The van der Waals surface area contributed by atoms with Crippen molar-refractivity contribution in [1.82, 2.24) is 4.90 Å². The summed E-state index contributed by atoms with van der Waals surface area (Å²) in [5.41, 5.74) is 1.81. The molecular weight excluding hydrogens is 407 g/mol. The Morgan fingerprint density at radius 1 is 1.23 bits per heavy atom. The third-order valence-corrected chi connectivity index (χ3v) is 6.93. The van der Waals surface area contributed by atoms with Gasteiger partial charge in [0, 0.05) is 23.1 Å². The molecule has 0 aromatic heterocycles. The number of aliphatic hydroxyl groups excluding tert-OH is 1. The molecule has 9 heteroatoms. The largest absolute Gasteiger partial charge is 0.507 e. The lowest BCUT2D eigenvalue weighted by Crippen LogP contribution is -2.66. The molecule has 0 spiro atoms. The van der Waals surface area contributed by atoms with Crippen molar-refractivity contribution in [2.75, 3.05) is 14.1 Å². The van der Waals surface area contributed by atoms with E-state index in [1.165, 1.54) is 6.08 Å². The summed E-state index contributed by atoms with van der Waals surface area (Å²) in [5, 5.41) is 32.6. The zero-order valence-electron chi connectivity index (χ0n) is 17.2. The minimum atomic E-state index is -2.62. The Labute approximate surface area is 177 Å². The van der Waals surface area contributed by atoms with Crippen molar-refractivity contribution in [2.24, 2.45) is 17.6 Å². The molecule has 5 N–H and O–H groups in total. The van der Waals surface area contributed by atoms with Gasteiger partial charge in [-0.05, 0) is 44.5 Å². The summed E-state index contributed by atoms with van der Waals surface area (Å²) in [5.74, 6) is -7.26. The van der Waals surface area contributed by atoms with Crippen LogP contribution in [0.25, 0.3) is 5.76 Å². The SMILES string of the molecule is C[C@H]1c2c(F)ccc(O)c2C(O)=C2C(=O)[C@]3(O)C(=O)C(C(N)=O)=C[C@@H](N(C)C)[C@@H]3C[C@@H]21. The maximum atomic E-state index is 14.6. The molecule has 1 aromatic rings. The van der Waals surface area contributed by atoms with Gasteiger partial charge in [0.15, 0.2) is 5.60 Å². The van der Waals surface area contributed by atoms with Gasteiger partial charge in [0.05, 0.1) is 11.1 Å². The monoisotopic (exact) mass is 430 g/mol. The molecule has 1 fully saturated rings. The van der Waals surface area contributed by atoms with E-state index >= 15 is 0 Å². The second kappa shape index (κ2) is 6.73. The highest BCUT2D eigenvalue weighted by atomic mass is 19.1. The third kappa shape index (κ3) is 2.63. The first-order valence-corrected chi connectivity index (χ1v) is 9.87. The van der Waals surface area contributed by atoms with Crippen LogP contribution in [0.3, 0.4) is 0 Å². The van der Waals surface area contributed by atoms with Crippen LogP contribution in [0.2, 0.25) is 0 Å². The average molecular weight is 430 g/mol. The van der Waals surface area contributed by atoms with Crippen molar-refractivity contribution in [3.63, 3.8) is 0 Å². The highest BCUT2D eigenvalue weighted by Crippen LogP contribution is 2.55. The van der Waals surface area contributed by atoms with Crippen LogP contribution in [0.15, 0.2) is 29.4 Å². The lowest BCUT2D eigenvalue weighted by Gasteiger charge is -2.50. The van der Waals surface area contributed by atoms with Crippen LogP contribution in [0.5, 0.6) is 5.75 Å². The van der Waals surface area contributed by atoms with Crippen LogP contribution in [-0.2, 0) is 14.4 Å². The Hall–Kier alpha value is -3.04. The van der Waals surface area contributed by atoms with Crippen molar-refractivity contribution in [3.05, 3.63) is 46.3 Å². The molecular formula is C22H23FN2O6. The maximum absolute atomic E-state index is 14.6. The molecule has 8 nitrogen and oxygen atoms in total. The quantitative estimate of drug-likeness (QED) is 0.401. The number of amides is 1. The van der Waals surface area contributed by atoms with E-state index in [-0.39, 0.29) is 23.1 Å². The van der Waals surface area contributed by atoms with Crippen molar-refractivity contribution < 1.29 is 34.1 Å². The zero-order valence-corrected chi connectivity index (χ0v) is 17.2. The van der Waals surface area contributed by atoms with E-state index < -0.39 is 69.8 Å². The Bertz CT molecular complexity index is 1110. The predicted octanol–water partition coefficient (Wildman–Crippen LogP) is 0.778. The fraction of sp³-hybridized carbons (Fsp3) is 0.409. The van der Waals surface area contributed by atoms with Crippen LogP contribution in [0, 0.1) is 17.7 Å². The lowest BCUT2D eigenvalue weighted by molar-refractivity contribution is -0.160. The Morgan fingerprint density at radius 3 is 2.45 bits per heavy atom. The van der Waals surface area contributed by atoms with Crippen molar-refractivity contribution in [1.29, 1.82) is 0 Å². The maximum Gasteiger partial charge on any atom is 0.252 e. The third-order valence-electron chi connectivity index (χ3n) is 6.93. The molecule has 3 aliphatic rings. The van der Waals surface area contributed by atoms with Gasteiger partial charge in [0.2, 0.25) is 11.6 Å². The number of aliphatic hydroxyl groups is 2. The van der Waals surface area contributed by atoms with E-state index in [0.717, 1.165) is 12.1 Å². The molecule has 3 aliphatic carbocycles. The van der Waals surface area contributed by atoms with Crippen molar-refractivity contribution in [2.45, 2.75) is 30.9 Å². The Kier molecular flexibility index (Phi) is 4.60. The van der Waals surface area contributed by atoms with Gasteiger partial charge < -0.3 is 26.0 Å². The number of hydrogen-bond donors (Lipinski definition) is 4. The number of carbonyl (C=O) groups is 3. The molecule has 0 saturated heterocycles. The van der Waals surface area contributed by atoms with Crippen LogP contribution >= 0.6 is 0 Å². The average Bonchev–Trinajstić information content (AvgIpc) is 2.69. The number of benzene rings is 1. The zero-order chi connectivity index (χ0) is 23.0. The fourth-order valence-corrected chi connectivity index (χ4v) is 5.38. The Balaban J connectivity index is 1.98. The number of hydrogen-bond acceptors (Lipinski definition) is 7. The van der Waals surface area contributed by atoms with Crippen LogP contribution in [-0.4, -0.2) is 63.4 Å². The van der Waals surface area contributed by atoms with E-state index in [9.17, 15) is 34.1 Å². The Morgan fingerprint density at radius 2 is 1.87 bits per heavy atom. The van der Waals surface area contributed by atoms with E-state index in [4.69, 9.17) is 5.73 Å². The van der Waals surface area contributed by atoms with Gasteiger partial charge in [0.1, 0.15) is 17.3 Å². The van der Waals surface area contributed by atoms with Crippen LogP contribution < -0.4 is 5.73 Å². The highest BCUT2D eigenvalue weighted by Gasteiger charge is 2.63. The first-order valence-electron chi connectivity index (χ1n) is 9.87. The summed E-state index contributed by atoms with van der Waals surface area (Å²) >= 11 is 0. The van der Waals surface area contributed by atoms with Crippen molar-refractivity contribution >= 4 is 23.2 Å². The first kappa shape index (κ1) is 21.2. The number of fused-ring (bicyclic) bond motifs is 3. The van der Waals surface area contributed by atoms with E-state index in [0.29, 0.717) is 0 Å². The molecule has 5 atom stereocenters. The van der Waals surface area contributed by atoms with Gasteiger partial charge in [-0.15, -0.1) is 0 Å². The number of ketones is 2. The number of phenolic OH excluding ortho intramolecular Hbond substituents is 1. The van der Waals surface area contributed by atoms with Crippen LogP contribution in [0.1, 0.15) is 30.4 Å². The number of primary amides is 1. The lowest BCUT2D eigenvalue weighted by atomic mass is 9.55. The number of likely N-dealkylation sites (N-methyl/N-ethyl adjacent to an activating group) is 1. The molecule has 1 amide bonds. The second-order valence-electron chi connectivity index (χ2n) is 8.68. The minimum Gasteiger partial charge on any atom is -0.507 e. The molecule has 0 unspecified atom stereocenters. The molecule has 0 radical (unpaired) electrons. The van der Waals surface area contributed by atoms with E-state index in [1.54, 1.807) is 25.9 Å². The summed E-state index contributed by atoms with van der Waals surface area (Å²) < 4.78 is 14.6. The summed E-state index contributed by atoms with van der Waals surface area (Å²) in [4.78, 5) is 40.1. The van der Waals surface area contributed by atoms with Gasteiger partial charge >= 0.3 is 0 Å². The van der Waals surface area contributed by atoms with E-state index in [1.807, 2.05) is 0 Å². The number of aromatic hydroxyl groups is 1. The number of halogens is 1. The summed E-state index contributed by atoms with van der Waals surface area (Å²) in [6.45, 7) is 1.66. The van der Waals surface area contributed by atoms with Crippen molar-refractivity contribution in [3.8, 4) is 5.75 Å². The first-order chi connectivity index (χ1) is 14.4. The van der Waals surface area contributed by atoms with E-state index in [2.05, 4.69) is 0 Å². The van der Waals surface area contributed by atoms with Gasteiger partial charge in [-0.2, -0.15) is 0 Å². The van der Waals surface area contributed by atoms with Crippen LogP contribution in [0.4, 0.5) is 4.39 Å². The number of phenols is 1. The predicted molar refractivity (Wildman–Crippen MR) is 107 cm³/mol. The number of Topliss-reactive ketones (excluding diaryl/α,β-unsaturated/α-hetero) is 2.